The summed E-state index contributed by atoms with van der Waals surface area (Å²) in [6, 6.07) is 5.22. The number of aryl methyl sites for hydroxylation is 2. The Balaban J connectivity index is 2.77. The van der Waals surface area contributed by atoms with Crippen LogP contribution in [0.4, 0.5) is 10.1 Å². The van der Waals surface area contributed by atoms with Crippen molar-refractivity contribution in [1.82, 2.24) is 4.98 Å². The molecule has 0 aliphatic heterocycles. The van der Waals surface area contributed by atoms with Crippen molar-refractivity contribution in [3.63, 3.8) is 0 Å². The zero-order valence-corrected chi connectivity index (χ0v) is 10.5. The van der Waals surface area contributed by atoms with Gasteiger partial charge < -0.3 is 5.32 Å². The average molecular weight is 232 g/mol. The lowest BCUT2D eigenvalue weighted by Gasteiger charge is -2.11. The van der Waals surface area contributed by atoms with E-state index < -0.39 is 0 Å². The highest BCUT2D eigenvalue weighted by atomic mass is 19.1. The lowest BCUT2D eigenvalue weighted by molar-refractivity contribution is 0.639. The van der Waals surface area contributed by atoms with Crippen LogP contribution in [0.25, 0.3) is 10.9 Å². The minimum atomic E-state index is -0.217. The highest BCUT2D eigenvalue weighted by molar-refractivity contribution is 5.93. The minimum absolute atomic E-state index is 0.217. The normalized spacial score (nSPS) is 10.8. The fourth-order valence-corrected chi connectivity index (χ4v) is 2.07. The Morgan fingerprint density at radius 2 is 2.12 bits per heavy atom. The number of anilines is 1. The molecule has 0 unspecified atom stereocenters. The Hall–Kier alpha value is -1.64. The summed E-state index contributed by atoms with van der Waals surface area (Å²) < 4.78 is 13.9. The third-order valence-corrected chi connectivity index (χ3v) is 2.94. The molecule has 0 fully saturated rings. The second kappa shape index (κ2) is 4.70. The first-order valence-corrected chi connectivity index (χ1v) is 5.93. The van der Waals surface area contributed by atoms with Crippen molar-refractivity contribution in [3.05, 3.63) is 35.3 Å². The molecule has 1 N–H and O–H groups in total. The van der Waals surface area contributed by atoms with Crippen LogP contribution in [0.2, 0.25) is 0 Å². The van der Waals surface area contributed by atoms with E-state index in [0.717, 1.165) is 35.3 Å². The van der Waals surface area contributed by atoms with Gasteiger partial charge in [-0.15, -0.1) is 0 Å². The van der Waals surface area contributed by atoms with Crippen molar-refractivity contribution in [2.24, 2.45) is 0 Å². The number of benzene rings is 1. The quantitative estimate of drug-likeness (QED) is 0.873. The Morgan fingerprint density at radius 3 is 2.76 bits per heavy atom. The van der Waals surface area contributed by atoms with E-state index in [1.54, 1.807) is 6.07 Å². The van der Waals surface area contributed by atoms with Gasteiger partial charge in [0.25, 0.3) is 0 Å². The molecular formula is C14H17FN2. The van der Waals surface area contributed by atoms with Gasteiger partial charge in [-0.3, -0.25) is 4.98 Å². The van der Waals surface area contributed by atoms with E-state index in [0.29, 0.717) is 5.39 Å². The number of halogens is 1. The number of hydrogen-bond acceptors (Lipinski definition) is 2. The summed E-state index contributed by atoms with van der Waals surface area (Å²) in [6.07, 6.45) is 1.95. The molecule has 0 saturated carbocycles. The smallest absolute Gasteiger partial charge is 0.134 e. The number of hydrogen-bond donors (Lipinski definition) is 1. The zero-order valence-electron chi connectivity index (χ0n) is 10.5. The standard InChI is InChI=1S/C14H17FN2/c1-4-5-10-8-12(16-3)13-11(15)7-6-9(2)14(13)17-10/h6-8H,4-5H2,1-3H3,(H,16,17). The van der Waals surface area contributed by atoms with E-state index in [9.17, 15) is 4.39 Å². The molecule has 0 spiro atoms. The van der Waals surface area contributed by atoms with Crippen LogP contribution in [0.5, 0.6) is 0 Å². The molecule has 90 valence electrons. The van der Waals surface area contributed by atoms with Crippen LogP contribution in [0.1, 0.15) is 24.6 Å². The number of rotatable bonds is 3. The van der Waals surface area contributed by atoms with Gasteiger partial charge in [-0.2, -0.15) is 0 Å². The monoisotopic (exact) mass is 232 g/mol. The van der Waals surface area contributed by atoms with Gasteiger partial charge in [0.1, 0.15) is 5.82 Å². The number of nitrogens with zero attached hydrogens (tertiary/aromatic N) is 1. The molecule has 1 heterocycles. The summed E-state index contributed by atoms with van der Waals surface area (Å²) in [5.74, 6) is -0.217. The second-order valence-electron chi connectivity index (χ2n) is 4.25. The summed E-state index contributed by atoms with van der Waals surface area (Å²) in [5.41, 5.74) is 3.61. The summed E-state index contributed by atoms with van der Waals surface area (Å²) >= 11 is 0. The molecule has 0 saturated heterocycles. The number of fused-ring (bicyclic) bond motifs is 1. The van der Waals surface area contributed by atoms with Crippen molar-refractivity contribution in [2.45, 2.75) is 26.7 Å². The topological polar surface area (TPSA) is 24.9 Å². The average Bonchev–Trinajstić information content (AvgIpc) is 2.33. The van der Waals surface area contributed by atoms with Gasteiger partial charge in [-0.05, 0) is 31.0 Å². The summed E-state index contributed by atoms with van der Waals surface area (Å²) in [6.45, 7) is 4.08. The highest BCUT2D eigenvalue weighted by Gasteiger charge is 2.11. The molecular weight excluding hydrogens is 215 g/mol. The summed E-state index contributed by atoms with van der Waals surface area (Å²) in [4.78, 5) is 4.55. The first-order chi connectivity index (χ1) is 8.17. The first-order valence-electron chi connectivity index (χ1n) is 5.93. The van der Waals surface area contributed by atoms with Gasteiger partial charge >= 0.3 is 0 Å². The van der Waals surface area contributed by atoms with Crippen molar-refractivity contribution in [3.8, 4) is 0 Å². The van der Waals surface area contributed by atoms with Gasteiger partial charge in [-0.1, -0.05) is 19.4 Å². The minimum Gasteiger partial charge on any atom is -0.387 e. The van der Waals surface area contributed by atoms with E-state index >= 15 is 0 Å². The number of aromatic nitrogens is 1. The fourth-order valence-electron chi connectivity index (χ4n) is 2.07. The maximum atomic E-state index is 13.9. The fraction of sp³-hybridized carbons (Fsp3) is 0.357. The third kappa shape index (κ3) is 2.09. The third-order valence-electron chi connectivity index (χ3n) is 2.94. The maximum absolute atomic E-state index is 13.9. The largest absolute Gasteiger partial charge is 0.387 e. The van der Waals surface area contributed by atoms with Crippen molar-refractivity contribution in [2.75, 3.05) is 12.4 Å². The molecule has 17 heavy (non-hydrogen) atoms. The van der Waals surface area contributed by atoms with Gasteiger partial charge in [-0.25, -0.2) is 4.39 Å². The lowest BCUT2D eigenvalue weighted by atomic mass is 10.1. The number of pyridine rings is 1. The van der Waals surface area contributed by atoms with Crippen LogP contribution in [0.3, 0.4) is 0 Å². The Kier molecular flexibility index (Phi) is 3.27. The Labute approximate surface area is 101 Å². The SMILES string of the molecule is CCCc1cc(NC)c2c(F)ccc(C)c2n1. The molecule has 2 aromatic rings. The molecule has 0 bridgehead atoms. The van der Waals surface area contributed by atoms with Crippen LogP contribution in [0.15, 0.2) is 18.2 Å². The van der Waals surface area contributed by atoms with E-state index in [1.807, 2.05) is 20.0 Å². The van der Waals surface area contributed by atoms with Gasteiger partial charge in [0, 0.05) is 18.4 Å². The molecule has 1 aromatic heterocycles. The predicted octanol–water partition coefficient (Wildman–Crippen LogP) is 3.68. The van der Waals surface area contributed by atoms with E-state index in [4.69, 9.17) is 0 Å². The molecule has 0 amide bonds. The van der Waals surface area contributed by atoms with Gasteiger partial charge in [0.05, 0.1) is 10.9 Å². The molecule has 0 radical (unpaired) electrons. The molecule has 3 heteroatoms. The van der Waals surface area contributed by atoms with Gasteiger partial charge in [0.15, 0.2) is 0 Å². The Bertz CT molecular complexity index is 549. The molecule has 0 aliphatic carbocycles. The van der Waals surface area contributed by atoms with E-state index in [2.05, 4.69) is 17.2 Å². The molecule has 1 aromatic carbocycles. The van der Waals surface area contributed by atoms with Crippen LogP contribution in [0, 0.1) is 12.7 Å². The summed E-state index contributed by atoms with van der Waals surface area (Å²) in [7, 11) is 1.81. The Morgan fingerprint density at radius 1 is 1.35 bits per heavy atom. The summed E-state index contributed by atoms with van der Waals surface area (Å²) in [5, 5.41) is 3.65. The zero-order chi connectivity index (χ0) is 12.4. The lowest BCUT2D eigenvalue weighted by Crippen LogP contribution is -1.99. The van der Waals surface area contributed by atoms with Crippen LogP contribution >= 0.6 is 0 Å². The van der Waals surface area contributed by atoms with Crippen molar-refractivity contribution >= 4 is 16.6 Å². The van der Waals surface area contributed by atoms with Crippen LogP contribution in [-0.2, 0) is 6.42 Å². The molecule has 2 rings (SSSR count). The van der Waals surface area contributed by atoms with Crippen LogP contribution < -0.4 is 5.32 Å². The number of nitrogens with one attached hydrogen (secondary N) is 1. The van der Waals surface area contributed by atoms with Crippen molar-refractivity contribution in [1.29, 1.82) is 0 Å². The van der Waals surface area contributed by atoms with Crippen LogP contribution in [-0.4, -0.2) is 12.0 Å². The predicted molar refractivity (Wildman–Crippen MR) is 70.0 cm³/mol. The van der Waals surface area contributed by atoms with Crippen molar-refractivity contribution < 1.29 is 4.39 Å². The van der Waals surface area contributed by atoms with E-state index in [-0.39, 0.29) is 5.82 Å². The first kappa shape index (κ1) is 11.8. The van der Waals surface area contributed by atoms with E-state index in [1.165, 1.54) is 6.07 Å². The maximum Gasteiger partial charge on any atom is 0.134 e. The molecule has 0 atom stereocenters. The molecule has 2 nitrogen and oxygen atoms in total. The second-order valence-corrected chi connectivity index (χ2v) is 4.25. The highest BCUT2D eigenvalue weighted by Crippen LogP contribution is 2.28. The molecule has 0 aliphatic rings. The van der Waals surface area contributed by atoms with Gasteiger partial charge in [0.2, 0.25) is 0 Å².